The number of nitrogens with zero attached hydrogens (tertiary/aromatic N) is 2. The molecule has 0 unspecified atom stereocenters. The van der Waals surface area contributed by atoms with E-state index in [1.54, 1.807) is 0 Å². The molecule has 1 aliphatic carbocycles. The van der Waals surface area contributed by atoms with Gasteiger partial charge in [0, 0.05) is 18.3 Å². The lowest BCUT2D eigenvalue weighted by Gasteiger charge is -2.27. The summed E-state index contributed by atoms with van der Waals surface area (Å²) in [6.45, 7) is 11.0. The quantitative estimate of drug-likeness (QED) is 0.883. The number of hydrogen-bond acceptors (Lipinski definition) is 2. The molecular weight excluding hydrogens is 246 g/mol. The summed E-state index contributed by atoms with van der Waals surface area (Å²) in [5.41, 5.74) is 1.37. The van der Waals surface area contributed by atoms with Crippen molar-refractivity contribution in [3.8, 4) is 0 Å². The van der Waals surface area contributed by atoms with Crippen LogP contribution in [0.1, 0.15) is 65.4 Å². The Morgan fingerprint density at radius 1 is 1.20 bits per heavy atom. The molecule has 3 nitrogen and oxygen atoms in total. The monoisotopic (exact) mass is 277 g/mol. The summed E-state index contributed by atoms with van der Waals surface area (Å²) in [4.78, 5) is 0. The lowest BCUT2D eigenvalue weighted by atomic mass is 9.81. The second-order valence-electron chi connectivity index (χ2n) is 7.39. The van der Waals surface area contributed by atoms with Crippen molar-refractivity contribution >= 4 is 0 Å². The number of aromatic nitrogens is 2. The Kier molecular flexibility index (Phi) is 5.25. The maximum atomic E-state index is 4.45. The Morgan fingerprint density at radius 3 is 2.40 bits per heavy atom. The Hall–Kier alpha value is -0.830. The molecule has 1 saturated carbocycles. The van der Waals surface area contributed by atoms with Crippen LogP contribution in [0.2, 0.25) is 0 Å². The smallest absolute Gasteiger partial charge is 0.0543 e. The van der Waals surface area contributed by atoms with E-state index < -0.39 is 0 Å². The van der Waals surface area contributed by atoms with Gasteiger partial charge in [-0.05, 0) is 52.0 Å². The van der Waals surface area contributed by atoms with Gasteiger partial charge in [-0.1, -0.05) is 26.2 Å². The molecule has 2 rings (SSSR count). The Morgan fingerprint density at radius 2 is 1.85 bits per heavy atom. The molecule has 0 radical (unpaired) electrons. The molecule has 1 aliphatic rings. The van der Waals surface area contributed by atoms with Gasteiger partial charge in [-0.15, -0.1) is 0 Å². The van der Waals surface area contributed by atoms with Gasteiger partial charge in [-0.2, -0.15) is 5.10 Å². The van der Waals surface area contributed by atoms with E-state index in [9.17, 15) is 0 Å². The molecule has 114 valence electrons. The fraction of sp³-hybridized carbons (Fsp3) is 0.824. The highest BCUT2D eigenvalue weighted by atomic mass is 15.3. The van der Waals surface area contributed by atoms with Crippen molar-refractivity contribution in [1.29, 1.82) is 0 Å². The maximum Gasteiger partial charge on any atom is 0.0543 e. The molecule has 1 N–H and O–H groups in total. The fourth-order valence-electron chi connectivity index (χ4n) is 3.08. The third-order valence-electron chi connectivity index (χ3n) is 4.63. The molecule has 3 heteroatoms. The molecule has 1 fully saturated rings. The fourth-order valence-corrected chi connectivity index (χ4v) is 3.08. The van der Waals surface area contributed by atoms with Crippen LogP contribution >= 0.6 is 0 Å². The lowest BCUT2D eigenvalue weighted by Crippen LogP contribution is -2.26. The van der Waals surface area contributed by atoms with Crippen molar-refractivity contribution in [3.63, 3.8) is 0 Å². The molecule has 0 bridgehead atoms. The summed E-state index contributed by atoms with van der Waals surface area (Å²) in [7, 11) is 0. The van der Waals surface area contributed by atoms with Gasteiger partial charge in [0.25, 0.3) is 0 Å². The predicted octanol–water partition coefficient (Wildman–Crippen LogP) is 3.94. The van der Waals surface area contributed by atoms with Crippen LogP contribution in [0.25, 0.3) is 0 Å². The van der Waals surface area contributed by atoms with Crippen molar-refractivity contribution in [2.75, 3.05) is 6.54 Å². The van der Waals surface area contributed by atoms with Crippen LogP contribution < -0.4 is 5.32 Å². The number of hydrogen-bond donors (Lipinski definition) is 1. The first-order valence-corrected chi connectivity index (χ1v) is 8.23. The highest BCUT2D eigenvalue weighted by Crippen LogP contribution is 2.30. The molecule has 0 atom stereocenters. The first-order chi connectivity index (χ1) is 9.49. The van der Waals surface area contributed by atoms with Gasteiger partial charge >= 0.3 is 0 Å². The molecular formula is C17H31N3. The molecule has 1 heterocycles. The zero-order valence-electron chi connectivity index (χ0n) is 13.7. The van der Waals surface area contributed by atoms with E-state index >= 15 is 0 Å². The zero-order chi connectivity index (χ0) is 14.6. The second kappa shape index (κ2) is 6.75. The lowest BCUT2D eigenvalue weighted by molar-refractivity contribution is 0.262. The van der Waals surface area contributed by atoms with Crippen LogP contribution in [0.5, 0.6) is 0 Å². The van der Waals surface area contributed by atoms with Crippen molar-refractivity contribution in [2.45, 2.75) is 71.9 Å². The number of rotatable bonds is 5. The molecule has 20 heavy (non-hydrogen) atoms. The Bertz CT molecular complexity index is 395. The van der Waals surface area contributed by atoms with Crippen LogP contribution in [0, 0.1) is 11.8 Å². The molecule has 0 saturated heterocycles. The standard InChI is InChI=1S/C17H31N3/c1-5-14-6-8-15(9-7-14)10-18-11-16-12-19-20(13-16)17(2,3)4/h12-15,18H,5-11H2,1-4H3. The Balaban J connectivity index is 1.70. The van der Waals surface area contributed by atoms with Crippen LogP contribution in [0.15, 0.2) is 12.4 Å². The van der Waals surface area contributed by atoms with Gasteiger partial charge in [0.05, 0.1) is 11.7 Å². The largest absolute Gasteiger partial charge is 0.312 e. The van der Waals surface area contributed by atoms with Crippen molar-refractivity contribution in [2.24, 2.45) is 11.8 Å². The van der Waals surface area contributed by atoms with E-state index in [4.69, 9.17) is 0 Å². The summed E-state index contributed by atoms with van der Waals surface area (Å²) >= 11 is 0. The molecule has 1 aromatic rings. The first kappa shape index (κ1) is 15.6. The van der Waals surface area contributed by atoms with Crippen molar-refractivity contribution in [3.05, 3.63) is 18.0 Å². The molecule has 0 spiro atoms. The summed E-state index contributed by atoms with van der Waals surface area (Å²) in [5, 5.41) is 8.07. The van der Waals surface area contributed by atoms with E-state index in [2.05, 4.69) is 49.0 Å². The van der Waals surface area contributed by atoms with Gasteiger partial charge in [0.1, 0.15) is 0 Å². The summed E-state index contributed by atoms with van der Waals surface area (Å²) in [6, 6.07) is 0. The third-order valence-corrected chi connectivity index (χ3v) is 4.63. The van der Waals surface area contributed by atoms with E-state index in [0.29, 0.717) is 0 Å². The number of nitrogens with one attached hydrogen (secondary N) is 1. The zero-order valence-corrected chi connectivity index (χ0v) is 13.7. The third kappa shape index (κ3) is 4.34. The summed E-state index contributed by atoms with van der Waals surface area (Å²) in [6.07, 6.45) is 11.2. The van der Waals surface area contributed by atoms with E-state index in [0.717, 1.165) is 24.9 Å². The molecule has 0 amide bonds. The van der Waals surface area contributed by atoms with Gasteiger partial charge in [0.15, 0.2) is 0 Å². The Labute approximate surface area is 124 Å². The first-order valence-electron chi connectivity index (χ1n) is 8.23. The van der Waals surface area contributed by atoms with Crippen LogP contribution in [-0.2, 0) is 12.1 Å². The predicted molar refractivity (Wildman–Crippen MR) is 84.7 cm³/mol. The van der Waals surface area contributed by atoms with Gasteiger partial charge in [0.2, 0.25) is 0 Å². The van der Waals surface area contributed by atoms with E-state index in [1.165, 1.54) is 37.7 Å². The summed E-state index contributed by atoms with van der Waals surface area (Å²) < 4.78 is 2.05. The topological polar surface area (TPSA) is 29.9 Å². The molecule has 0 aliphatic heterocycles. The average molecular weight is 277 g/mol. The van der Waals surface area contributed by atoms with E-state index in [1.807, 2.05) is 6.20 Å². The van der Waals surface area contributed by atoms with E-state index in [-0.39, 0.29) is 5.54 Å². The average Bonchev–Trinajstić information content (AvgIpc) is 2.88. The second-order valence-corrected chi connectivity index (χ2v) is 7.39. The van der Waals surface area contributed by atoms with Crippen molar-refractivity contribution in [1.82, 2.24) is 15.1 Å². The minimum Gasteiger partial charge on any atom is -0.312 e. The minimum atomic E-state index is 0.0801. The minimum absolute atomic E-state index is 0.0801. The summed E-state index contributed by atoms with van der Waals surface area (Å²) in [5.74, 6) is 1.88. The van der Waals surface area contributed by atoms with Crippen LogP contribution in [-0.4, -0.2) is 16.3 Å². The van der Waals surface area contributed by atoms with Crippen molar-refractivity contribution < 1.29 is 0 Å². The normalized spacial score (nSPS) is 24.0. The highest BCUT2D eigenvalue weighted by molar-refractivity contribution is 5.04. The molecule has 1 aromatic heterocycles. The van der Waals surface area contributed by atoms with Crippen LogP contribution in [0.4, 0.5) is 0 Å². The SMILES string of the molecule is CCC1CCC(CNCc2cnn(C(C)(C)C)c2)CC1. The maximum absolute atomic E-state index is 4.45. The van der Waals surface area contributed by atoms with Gasteiger partial charge in [-0.25, -0.2) is 0 Å². The van der Waals surface area contributed by atoms with Gasteiger partial charge < -0.3 is 5.32 Å². The van der Waals surface area contributed by atoms with Gasteiger partial charge in [-0.3, -0.25) is 4.68 Å². The highest BCUT2D eigenvalue weighted by Gasteiger charge is 2.19. The molecule has 0 aromatic carbocycles. The van der Waals surface area contributed by atoms with Crippen LogP contribution in [0.3, 0.4) is 0 Å².